The van der Waals surface area contributed by atoms with Gasteiger partial charge in [0.15, 0.2) is 0 Å². The SMILES string of the molecule is Cc1nc(Cc2cccc(C(F)(F)F)c2)sc1NC(=O)c1ccc(Cl)nc1. The molecule has 0 saturated carbocycles. The van der Waals surface area contributed by atoms with Gasteiger partial charge in [-0.05, 0) is 30.7 Å². The van der Waals surface area contributed by atoms with E-state index in [1.54, 1.807) is 19.1 Å². The number of carbonyl (C=O) groups is 1. The standard InChI is InChI=1S/C18H13ClF3N3OS/c1-10-17(25-16(26)12-5-6-14(19)23-9-12)27-15(24-10)8-11-3-2-4-13(7-11)18(20,21)22/h2-7,9H,8H2,1H3,(H,25,26). The van der Waals surface area contributed by atoms with Crippen LogP contribution in [0, 0.1) is 6.92 Å². The zero-order chi connectivity index (χ0) is 19.6. The molecule has 1 N–H and O–H groups in total. The monoisotopic (exact) mass is 411 g/mol. The number of nitrogens with zero attached hydrogens (tertiary/aromatic N) is 2. The van der Waals surface area contributed by atoms with E-state index in [1.165, 1.54) is 29.7 Å². The number of anilines is 1. The van der Waals surface area contributed by atoms with Gasteiger partial charge >= 0.3 is 6.18 Å². The van der Waals surface area contributed by atoms with Crippen molar-refractivity contribution in [3.05, 3.63) is 75.1 Å². The lowest BCUT2D eigenvalue weighted by Gasteiger charge is -2.07. The van der Waals surface area contributed by atoms with Crippen LogP contribution in [0.15, 0.2) is 42.6 Å². The Morgan fingerprint density at radius 3 is 2.70 bits per heavy atom. The van der Waals surface area contributed by atoms with E-state index in [0.29, 0.717) is 26.8 Å². The van der Waals surface area contributed by atoms with Crippen LogP contribution in [0.5, 0.6) is 0 Å². The van der Waals surface area contributed by atoms with Crippen LogP contribution in [-0.4, -0.2) is 15.9 Å². The molecule has 0 radical (unpaired) electrons. The molecule has 0 saturated heterocycles. The van der Waals surface area contributed by atoms with E-state index in [9.17, 15) is 18.0 Å². The van der Waals surface area contributed by atoms with Crippen LogP contribution in [0.4, 0.5) is 18.2 Å². The summed E-state index contributed by atoms with van der Waals surface area (Å²) in [4.78, 5) is 20.5. The van der Waals surface area contributed by atoms with Crippen LogP contribution in [0.2, 0.25) is 5.15 Å². The first-order valence-corrected chi connectivity index (χ1v) is 8.97. The topological polar surface area (TPSA) is 54.9 Å². The van der Waals surface area contributed by atoms with Crippen molar-refractivity contribution < 1.29 is 18.0 Å². The Hall–Kier alpha value is -2.45. The molecule has 0 spiro atoms. The number of alkyl halides is 3. The Morgan fingerprint density at radius 1 is 1.26 bits per heavy atom. The molecule has 140 valence electrons. The zero-order valence-corrected chi connectivity index (χ0v) is 15.5. The second-order valence-electron chi connectivity index (χ2n) is 5.72. The quantitative estimate of drug-likeness (QED) is 0.588. The molecular formula is C18H13ClF3N3OS. The minimum absolute atomic E-state index is 0.244. The average Bonchev–Trinajstić information content (AvgIpc) is 2.94. The fourth-order valence-corrected chi connectivity index (χ4v) is 3.47. The van der Waals surface area contributed by atoms with Gasteiger partial charge in [-0.15, -0.1) is 11.3 Å². The lowest BCUT2D eigenvalue weighted by Crippen LogP contribution is -2.11. The van der Waals surface area contributed by atoms with Crippen LogP contribution in [0.1, 0.15) is 32.2 Å². The number of amides is 1. The van der Waals surface area contributed by atoms with E-state index in [1.807, 2.05) is 0 Å². The van der Waals surface area contributed by atoms with Crippen LogP contribution in [0.3, 0.4) is 0 Å². The van der Waals surface area contributed by atoms with Gasteiger partial charge < -0.3 is 5.32 Å². The first-order valence-electron chi connectivity index (χ1n) is 7.78. The predicted molar refractivity (Wildman–Crippen MR) is 98.3 cm³/mol. The lowest BCUT2D eigenvalue weighted by atomic mass is 10.1. The second-order valence-corrected chi connectivity index (χ2v) is 7.19. The smallest absolute Gasteiger partial charge is 0.312 e. The van der Waals surface area contributed by atoms with Gasteiger partial charge in [0.05, 0.1) is 21.8 Å². The highest BCUT2D eigenvalue weighted by Crippen LogP contribution is 2.31. The first-order chi connectivity index (χ1) is 12.7. The third-order valence-corrected chi connectivity index (χ3v) is 4.96. The van der Waals surface area contributed by atoms with Crippen molar-refractivity contribution in [1.82, 2.24) is 9.97 Å². The Labute approximate surface area is 162 Å². The number of pyridine rings is 1. The maximum absolute atomic E-state index is 12.8. The molecule has 0 aliphatic carbocycles. The van der Waals surface area contributed by atoms with Crippen molar-refractivity contribution in [2.24, 2.45) is 0 Å². The van der Waals surface area contributed by atoms with Gasteiger partial charge in [0, 0.05) is 12.6 Å². The summed E-state index contributed by atoms with van der Waals surface area (Å²) in [7, 11) is 0. The van der Waals surface area contributed by atoms with E-state index in [2.05, 4.69) is 15.3 Å². The Bertz CT molecular complexity index is 971. The number of carbonyl (C=O) groups excluding carboxylic acids is 1. The van der Waals surface area contributed by atoms with Crippen molar-refractivity contribution in [3.8, 4) is 0 Å². The molecule has 0 atom stereocenters. The predicted octanol–water partition coefficient (Wildman–Crippen LogP) is 5.36. The molecule has 0 bridgehead atoms. The number of nitrogens with one attached hydrogen (secondary N) is 1. The summed E-state index contributed by atoms with van der Waals surface area (Å²) in [6, 6.07) is 8.18. The highest BCUT2D eigenvalue weighted by atomic mass is 35.5. The minimum Gasteiger partial charge on any atom is -0.312 e. The number of thiazole rings is 1. The molecule has 1 amide bonds. The van der Waals surface area contributed by atoms with Crippen molar-refractivity contribution in [3.63, 3.8) is 0 Å². The third-order valence-electron chi connectivity index (χ3n) is 3.67. The fourth-order valence-electron chi connectivity index (χ4n) is 2.36. The molecule has 9 heteroatoms. The van der Waals surface area contributed by atoms with E-state index in [0.717, 1.165) is 12.1 Å². The largest absolute Gasteiger partial charge is 0.416 e. The molecule has 0 aliphatic rings. The van der Waals surface area contributed by atoms with Gasteiger partial charge in [-0.25, -0.2) is 9.97 Å². The molecule has 3 aromatic rings. The molecule has 2 heterocycles. The van der Waals surface area contributed by atoms with Crippen molar-refractivity contribution in [1.29, 1.82) is 0 Å². The van der Waals surface area contributed by atoms with Gasteiger partial charge in [-0.2, -0.15) is 13.2 Å². The number of hydrogen-bond donors (Lipinski definition) is 1. The van der Waals surface area contributed by atoms with Crippen LogP contribution < -0.4 is 5.32 Å². The maximum atomic E-state index is 12.8. The maximum Gasteiger partial charge on any atom is 0.416 e. The van der Waals surface area contributed by atoms with Gasteiger partial charge in [-0.1, -0.05) is 29.8 Å². The Balaban J connectivity index is 1.75. The molecule has 0 aliphatic heterocycles. The van der Waals surface area contributed by atoms with Crippen LogP contribution in [0.25, 0.3) is 0 Å². The summed E-state index contributed by atoms with van der Waals surface area (Å²) in [5.41, 5.74) is 0.735. The Morgan fingerprint density at radius 2 is 2.04 bits per heavy atom. The number of rotatable bonds is 4. The van der Waals surface area contributed by atoms with Gasteiger partial charge in [0.1, 0.15) is 10.2 Å². The molecule has 2 aromatic heterocycles. The molecule has 4 nitrogen and oxygen atoms in total. The van der Waals surface area contributed by atoms with Crippen molar-refractivity contribution in [2.75, 3.05) is 5.32 Å². The molecule has 27 heavy (non-hydrogen) atoms. The van der Waals surface area contributed by atoms with E-state index < -0.39 is 11.7 Å². The number of halogens is 4. The summed E-state index contributed by atoms with van der Waals surface area (Å²) in [6.07, 6.45) is -2.79. The van der Waals surface area contributed by atoms with Gasteiger partial charge in [-0.3, -0.25) is 4.79 Å². The molecule has 0 unspecified atom stereocenters. The number of aryl methyl sites for hydroxylation is 1. The van der Waals surface area contributed by atoms with E-state index in [-0.39, 0.29) is 17.5 Å². The molecule has 3 rings (SSSR count). The zero-order valence-electron chi connectivity index (χ0n) is 14.0. The molecular weight excluding hydrogens is 399 g/mol. The Kier molecular flexibility index (Phi) is 5.48. The van der Waals surface area contributed by atoms with Gasteiger partial charge in [0.2, 0.25) is 0 Å². The average molecular weight is 412 g/mol. The second kappa shape index (κ2) is 7.66. The van der Waals surface area contributed by atoms with Crippen LogP contribution >= 0.6 is 22.9 Å². The highest BCUT2D eigenvalue weighted by Gasteiger charge is 2.30. The fraction of sp³-hybridized carbons (Fsp3) is 0.167. The summed E-state index contributed by atoms with van der Waals surface area (Å²) in [5.74, 6) is -0.364. The van der Waals surface area contributed by atoms with Crippen molar-refractivity contribution in [2.45, 2.75) is 19.5 Å². The summed E-state index contributed by atoms with van der Waals surface area (Å²) in [6.45, 7) is 1.72. The molecule has 0 fully saturated rings. The van der Waals surface area contributed by atoms with E-state index in [4.69, 9.17) is 11.6 Å². The van der Waals surface area contributed by atoms with E-state index >= 15 is 0 Å². The van der Waals surface area contributed by atoms with Gasteiger partial charge in [0.25, 0.3) is 5.91 Å². The summed E-state index contributed by atoms with van der Waals surface area (Å²) in [5, 5.41) is 4.17. The number of benzene rings is 1. The van der Waals surface area contributed by atoms with Crippen molar-refractivity contribution >= 4 is 33.8 Å². The number of hydrogen-bond acceptors (Lipinski definition) is 4. The number of aromatic nitrogens is 2. The first kappa shape index (κ1) is 19.3. The summed E-state index contributed by atoms with van der Waals surface area (Å²) >= 11 is 6.92. The highest BCUT2D eigenvalue weighted by molar-refractivity contribution is 7.16. The minimum atomic E-state index is -4.39. The third kappa shape index (κ3) is 4.84. The van der Waals surface area contributed by atoms with Crippen LogP contribution in [-0.2, 0) is 12.6 Å². The normalized spacial score (nSPS) is 11.4. The lowest BCUT2D eigenvalue weighted by molar-refractivity contribution is -0.137. The summed E-state index contributed by atoms with van der Waals surface area (Å²) < 4.78 is 38.5. The molecule has 1 aromatic carbocycles.